The summed E-state index contributed by atoms with van der Waals surface area (Å²) in [4.78, 5) is 41.3. The minimum Gasteiger partial charge on any atom is -0.480 e. The minimum atomic E-state index is -1.02. The zero-order chi connectivity index (χ0) is 32.0. The van der Waals surface area contributed by atoms with E-state index < -0.39 is 17.9 Å². The maximum absolute atomic E-state index is 12.8. The molecule has 7 nitrogen and oxygen atoms in total. The van der Waals surface area contributed by atoms with Crippen molar-refractivity contribution in [2.45, 2.75) is 136 Å². The highest BCUT2D eigenvalue weighted by molar-refractivity contribution is 5.85. The lowest BCUT2D eigenvalue weighted by Gasteiger charge is -2.57. The van der Waals surface area contributed by atoms with Crippen LogP contribution in [-0.4, -0.2) is 40.1 Å². The fourth-order valence-electron chi connectivity index (χ4n) is 9.38. The van der Waals surface area contributed by atoms with E-state index in [4.69, 9.17) is 4.74 Å². The van der Waals surface area contributed by atoms with Crippen LogP contribution in [0.3, 0.4) is 0 Å². The number of carboxylic acid groups (broad SMARTS) is 1. The smallest absolute Gasteiger partial charge is 0.326 e. The zero-order valence-electron chi connectivity index (χ0n) is 28.7. The molecule has 0 spiro atoms. The number of rotatable bonds is 14. The Labute approximate surface area is 277 Å². The van der Waals surface area contributed by atoms with Crippen molar-refractivity contribution in [3.05, 3.63) is 55.2 Å². The summed E-state index contributed by atoms with van der Waals surface area (Å²) in [5.74, 6) is 0.166. The second-order valence-electron chi connectivity index (χ2n) is 14.7. The fourth-order valence-corrected chi connectivity index (χ4v) is 9.38. The van der Waals surface area contributed by atoms with Crippen LogP contribution < -0.4 is 5.32 Å². The van der Waals surface area contributed by atoms with E-state index in [2.05, 4.69) is 49.3 Å². The summed E-state index contributed by atoms with van der Waals surface area (Å²) in [6, 6.07) is 3.34. The molecular weight excluding hydrogens is 576 g/mol. The first-order valence-electron chi connectivity index (χ1n) is 17.7. The van der Waals surface area contributed by atoms with E-state index in [1.54, 1.807) is 0 Å². The van der Waals surface area contributed by atoms with Crippen LogP contribution in [0.25, 0.3) is 5.57 Å². The predicted molar refractivity (Wildman–Crippen MR) is 182 cm³/mol. The van der Waals surface area contributed by atoms with Gasteiger partial charge in [0.2, 0.25) is 5.91 Å². The molecular formula is C39H57N2O5-. The van der Waals surface area contributed by atoms with Gasteiger partial charge in [-0.3, -0.25) is 14.6 Å². The monoisotopic (exact) mass is 633 g/mol. The van der Waals surface area contributed by atoms with Crippen LogP contribution in [0.15, 0.2) is 42.3 Å². The number of allylic oxidation sites excluding steroid dienone is 3. The van der Waals surface area contributed by atoms with Crippen LogP contribution in [0.1, 0.15) is 129 Å². The summed E-state index contributed by atoms with van der Waals surface area (Å²) >= 11 is 0. The van der Waals surface area contributed by atoms with Crippen molar-refractivity contribution in [2.75, 3.05) is 0 Å². The van der Waals surface area contributed by atoms with E-state index in [0.29, 0.717) is 24.2 Å². The zero-order valence-corrected chi connectivity index (χ0v) is 28.7. The summed E-state index contributed by atoms with van der Waals surface area (Å²) in [6.45, 7) is 7.10. The highest BCUT2D eigenvalue weighted by atomic mass is 16.5. The Balaban J connectivity index is 0.00000480. The molecule has 0 bridgehead atoms. The normalized spacial score (nSPS) is 30.3. The molecule has 0 saturated heterocycles. The number of carbonyl (C=O) groups excluding carboxylic acids is 2. The topological polar surface area (TPSA) is 106 Å². The number of aliphatic carboxylic acids is 1. The second-order valence-corrected chi connectivity index (χ2v) is 14.7. The van der Waals surface area contributed by atoms with E-state index >= 15 is 0 Å². The maximum Gasteiger partial charge on any atom is 0.326 e. The van der Waals surface area contributed by atoms with Crippen molar-refractivity contribution >= 4 is 23.4 Å². The van der Waals surface area contributed by atoms with Gasteiger partial charge < -0.3 is 22.6 Å². The lowest BCUT2D eigenvalue weighted by Crippen LogP contribution is -2.50. The van der Waals surface area contributed by atoms with E-state index in [1.807, 2.05) is 18.5 Å². The minimum absolute atomic E-state index is 0. The summed E-state index contributed by atoms with van der Waals surface area (Å²) in [5.41, 5.74) is 4.55. The summed E-state index contributed by atoms with van der Waals surface area (Å²) < 4.78 is 5.89. The molecule has 1 amide bonds. The first-order chi connectivity index (χ1) is 21.7. The van der Waals surface area contributed by atoms with Gasteiger partial charge in [-0.15, -0.1) is 0 Å². The third-order valence-corrected chi connectivity index (χ3v) is 11.9. The molecule has 1 aromatic rings. The Morgan fingerprint density at radius 2 is 1.76 bits per heavy atom. The molecule has 254 valence electrons. The summed E-state index contributed by atoms with van der Waals surface area (Å²) in [7, 11) is 0. The summed E-state index contributed by atoms with van der Waals surface area (Å²) in [5, 5.41) is 12.2. The molecule has 2 fully saturated rings. The Kier molecular flexibility index (Phi) is 12.3. The van der Waals surface area contributed by atoms with Gasteiger partial charge in [0.05, 0.1) is 6.42 Å². The SMILES string of the molecule is CCCCCCCCC(NC(=O)CCC(=O)O[C@H]1CC[C@@]2(C)C(=CC[C@@H]3[C@@H]2CC[C@]2(C)C(c4cccnc4)=CC[C@@H]32)C1)C(=O)O.[CH3-]. The number of pyridine rings is 1. The Morgan fingerprint density at radius 1 is 1.00 bits per heavy atom. The molecule has 1 unspecified atom stereocenters. The van der Waals surface area contributed by atoms with Crippen molar-refractivity contribution in [1.29, 1.82) is 0 Å². The number of amides is 1. The lowest BCUT2D eigenvalue weighted by atomic mass is 9.47. The van der Waals surface area contributed by atoms with Gasteiger partial charge in [-0.1, -0.05) is 83.1 Å². The first-order valence-corrected chi connectivity index (χ1v) is 17.7. The van der Waals surface area contributed by atoms with Crippen LogP contribution >= 0.6 is 0 Å². The van der Waals surface area contributed by atoms with Crippen molar-refractivity contribution in [1.82, 2.24) is 10.3 Å². The number of nitrogens with one attached hydrogen (secondary N) is 1. The van der Waals surface area contributed by atoms with Crippen LogP contribution in [0.2, 0.25) is 0 Å². The molecule has 2 N–H and O–H groups in total. The molecule has 0 aromatic carbocycles. The number of carboxylic acids is 1. The highest BCUT2D eigenvalue weighted by Crippen LogP contribution is 2.66. The van der Waals surface area contributed by atoms with Crippen molar-refractivity contribution < 1.29 is 24.2 Å². The number of ether oxygens (including phenoxy) is 1. The largest absolute Gasteiger partial charge is 0.480 e. The molecule has 7 atom stereocenters. The number of unbranched alkanes of at least 4 members (excludes halogenated alkanes) is 5. The van der Waals surface area contributed by atoms with Gasteiger partial charge in [0.25, 0.3) is 0 Å². The van der Waals surface area contributed by atoms with Crippen LogP contribution in [-0.2, 0) is 19.1 Å². The first kappa shape index (κ1) is 35.9. The maximum atomic E-state index is 12.8. The second kappa shape index (κ2) is 15.8. The van der Waals surface area contributed by atoms with Crippen LogP contribution in [0, 0.1) is 36.0 Å². The number of aromatic nitrogens is 1. The highest BCUT2D eigenvalue weighted by Gasteiger charge is 2.57. The number of fused-ring (bicyclic) bond motifs is 5. The third kappa shape index (κ3) is 7.77. The van der Waals surface area contributed by atoms with Gasteiger partial charge in [-0.2, -0.15) is 0 Å². The van der Waals surface area contributed by atoms with Gasteiger partial charge in [0.1, 0.15) is 12.1 Å². The molecule has 7 heteroatoms. The van der Waals surface area contributed by atoms with E-state index in [1.165, 1.54) is 42.4 Å². The van der Waals surface area contributed by atoms with Gasteiger partial charge in [0.15, 0.2) is 0 Å². The quantitative estimate of drug-likeness (QED) is 0.0921. The molecule has 5 rings (SSSR count). The Morgan fingerprint density at radius 3 is 2.50 bits per heavy atom. The molecule has 4 aliphatic rings. The predicted octanol–water partition coefficient (Wildman–Crippen LogP) is 8.50. The molecule has 0 radical (unpaired) electrons. The fraction of sp³-hybridized carbons (Fsp3) is 0.667. The molecule has 2 saturated carbocycles. The lowest BCUT2D eigenvalue weighted by molar-refractivity contribution is -0.152. The molecule has 1 aromatic heterocycles. The number of hydrogen-bond donors (Lipinski definition) is 2. The molecule has 46 heavy (non-hydrogen) atoms. The average molecular weight is 634 g/mol. The van der Waals surface area contributed by atoms with Crippen molar-refractivity contribution in [3.63, 3.8) is 0 Å². The molecule has 0 aliphatic heterocycles. The number of hydrogen-bond acceptors (Lipinski definition) is 5. The van der Waals surface area contributed by atoms with Gasteiger partial charge in [0, 0.05) is 25.2 Å². The van der Waals surface area contributed by atoms with Gasteiger partial charge >= 0.3 is 11.9 Å². The average Bonchev–Trinajstić information content (AvgIpc) is 3.39. The Bertz CT molecular complexity index is 1270. The van der Waals surface area contributed by atoms with Crippen molar-refractivity contribution in [2.24, 2.45) is 28.6 Å². The number of esters is 1. The molecule has 1 heterocycles. The van der Waals surface area contributed by atoms with E-state index in [-0.39, 0.29) is 43.2 Å². The summed E-state index contributed by atoms with van der Waals surface area (Å²) in [6.07, 6.45) is 22.6. The number of nitrogens with zero attached hydrogens (tertiary/aromatic N) is 1. The number of carbonyl (C=O) groups is 3. The van der Waals surface area contributed by atoms with Gasteiger partial charge in [-0.25, -0.2) is 4.79 Å². The van der Waals surface area contributed by atoms with Crippen LogP contribution in [0.5, 0.6) is 0 Å². The third-order valence-electron chi connectivity index (χ3n) is 11.9. The Hall–Kier alpha value is -2.96. The van der Waals surface area contributed by atoms with Gasteiger partial charge in [-0.05, 0) is 90.7 Å². The molecule has 4 aliphatic carbocycles. The van der Waals surface area contributed by atoms with E-state index in [0.717, 1.165) is 57.8 Å². The van der Waals surface area contributed by atoms with Crippen molar-refractivity contribution in [3.8, 4) is 0 Å². The standard InChI is InChI=1S/C38H54N2O5.CH3/c1-4-5-6-7-8-9-12-33(36(43)44)40-34(41)17-18-35(42)45-28-19-21-37(2)27(24-28)13-14-29-31-16-15-30(26-11-10-23-39-25-26)38(31,3)22-20-32(29)37;/h10-11,13,15,23,25,28-29,31-33H,4-9,12,14,16-22,24H2,1-3H3,(H,40,41)(H,43,44);1H3/q;-1/t28-,29-,31-,32-,33?,37-,38+;/m0./s1. The van der Waals surface area contributed by atoms with Crippen LogP contribution in [0.4, 0.5) is 0 Å². The van der Waals surface area contributed by atoms with E-state index in [9.17, 15) is 19.5 Å².